The molecule has 0 bridgehead atoms. The fourth-order valence-corrected chi connectivity index (χ4v) is 6.52. The molecule has 0 aromatic heterocycles. The number of halogens is 1. The van der Waals surface area contributed by atoms with Crippen LogP contribution in [0.5, 0.6) is 5.75 Å². The number of hydrogen-bond acceptors (Lipinski definition) is 5. The van der Waals surface area contributed by atoms with Gasteiger partial charge in [0.2, 0.25) is 0 Å². The summed E-state index contributed by atoms with van der Waals surface area (Å²) in [7, 11) is 1.96. The Labute approximate surface area is 213 Å². The van der Waals surface area contributed by atoms with E-state index in [1.54, 1.807) is 26.4 Å². The fraction of sp³-hybridized carbons (Fsp3) is 0.310. The number of rotatable bonds is 7. The lowest BCUT2D eigenvalue weighted by molar-refractivity contribution is -0.141. The third-order valence-corrected chi connectivity index (χ3v) is 8.42. The van der Waals surface area contributed by atoms with Gasteiger partial charge in [-0.25, -0.2) is 8.60 Å². The number of benzene rings is 3. The molecular formula is C29H30FNO4S. The second kappa shape index (κ2) is 10.5. The highest BCUT2D eigenvalue weighted by Gasteiger charge is 2.32. The smallest absolute Gasteiger partial charge is 0.159 e. The number of ether oxygens (including phenoxy) is 3. The molecule has 0 radical (unpaired) electrons. The third-order valence-electron chi connectivity index (χ3n) is 6.89. The summed E-state index contributed by atoms with van der Waals surface area (Å²) in [5.74, 6) is 1.27. The molecule has 5 rings (SSSR count). The molecule has 5 nitrogen and oxygen atoms in total. The number of nitrogens with zero attached hydrogens (tertiary/aromatic N) is 1. The first kappa shape index (κ1) is 24.7. The van der Waals surface area contributed by atoms with Gasteiger partial charge in [0.1, 0.15) is 11.6 Å². The maximum absolute atomic E-state index is 13.6. The molecule has 2 aliphatic rings. The molecule has 7 heteroatoms. The number of methoxy groups -OCH3 is 2. The van der Waals surface area contributed by atoms with Gasteiger partial charge in [-0.3, -0.25) is 0 Å². The van der Waals surface area contributed by atoms with E-state index in [0.717, 1.165) is 42.7 Å². The van der Waals surface area contributed by atoms with Gasteiger partial charge in [0.25, 0.3) is 0 Å². The number of fused-ring (bicyclic) bond motifs is 1. The Balaban J connectivity index is 1.38. The summed E-state index contributed by atoms with van der Waals surface area (Å²) in [4.78, 5) is 3.64. The Kier molecular flexibility index (Phi) is 7.23. The molecule has 2 heterocycles. The molecule has 0 saturated carbocycles. The molecule has 2 aliphatic heterocycles. The van der Waals surface area contributed by atoms with E-state index < -0.39 is 10.8 Å². The summed E-state index contributed by atoms with van der Waals surface area (Å²) in [6.45, 7) is 3.83. The first-order valence-corrected chi connectivity index (χ1v) is 13.2. The van der Waals surface area contributed by atoms with Crippen molar-refractivity contribution in [2.75, 3.05) is 32.2 Å². The zero-order valence-corrected chi connectivity index (χ0v) is 21.5. The van der Waals surface area contributed by atoms with Crippen LogP contribution in [-0.2, 0) is 20.3 Å². The van der Waals surface area contributed by atoms with Gasteiger partial charge >= 0.3 is 0 Å². The first-order valence-electron chi connectivity index (χ1n) is 12.1. The van der Waals surface area contributed by atoms with Gasteiger partial charge < -0.3 is 19.1 Å². The Morgan fingerprint density at radius 1 is 0.944 bits per heavy atom. The molecule has 1 atom stereocenters. The van der Waals surface area contributed by atoms with Crippen LogP contribution in [0.3, 0.4) is 0 Å². The lowest BCUT2D eigenvalue weighted by atomic mass is 9.95. The third kappa shape index (κ3) is 4.83. The molecule has 36 heavy (non-hydrogen) atoms. The van der Waals surface area contributed by atoms with Crippen molar-refractivity contribution >= 4 is 27.2 Å². The molecule has 3 aromatic rings. The van der Waals surface area contributed by atoms with Crippen molar-refractivity contribution in [1.29, 1.82) is 0 Å². The molecule has 0 aliphatic carbocycles. The largest absolute Gasteiger partial charge is 0.455 e. The van der Waals surface area contributed by atoms with Crippen molar-refractivity contribution in [2.24, 2.45) is 5.92 Å². The van der Waals surface area contributed by atoms with E-state index >= 15 is 0 Å². The van der Waals surface area contributed by atoms with E-state index in [9.17, 15) is 8.60 Å². The summed E-state index contributed by atoms with van der Waals surface area (Å²) >= 11 is 0. The second-order valence-electron chi connectivity index (χ2n) is 9.19. The second-order valence-corrected chi connectivity index (χ2v) is 10.6. The van der Waals surface area contributed by atoms with E-state index in [2.05, 4.69) is 17.0 Å². The molecule has 188 valence electrons. The minimum Gasteiger partial charge on any atom is -0.455 e. The maximum atomic E-state index is 13.6. The van der Waals surface area contributed by atoms with Crippen molar-refractivity contribution in [3.05, 3.63) is 89.2 Å². The maximum Gasteiger partial charge on any atom is 0.159 e. The predicted octanol–water partition coefficient (Wildman–Crippen LogP) is 6.00. The molecule has 1 fully saturated rings. The van der Waals surface area contributed by atoms with Crippen molar-refractivity contribution in [2.45, 2.75) is 31.0 Å². The van der Waals surface area contributed by atoms with Gasteiger partial charge in [-0.05, 0) is 79.4 Å². The van der Waals surface area contributed by atoms with Gasteiger partial charge in [-0.1, -0.05) is 18.2 Å². The van der Waals surface area contributed by atoms with Gasteiger partial charge in [-0.2, -0.15) is 0 Å². The Hall–Kier alpha value is -3.00. The average molecular weight is 508 g/mol. The van der Waals surface area contributed by atoms with Crippen LogP contribution in [0.25, 0.3) is 10.7 Å². The lowest BCUT2D eigenvalue weighted by Crippen LogP contribution is -2.39. The molecule has 1 saturated heterocycles. The molecule has 0 N–H and O–H groups in total. The molecule has 0 amide bonds. The summed E-state index contributed by atoms with van der Waals surface area (Å²) in [6.07, 6.45) is 1.84. The summed E-state index contributed by atoms with van der Waals surface area (Å²) in [5, 5.41) is 0. The van der Waals surface area contributed by atoms with Crippen LogP contribution in [0.4, 0.5) is 10.1 Å². The SMILES string of the molecule is COC(OC)C1CCN(c2ccc(OC3=C(c4ccc(F)cc4)S(=O)c4cc(C)ccc43)cc2)CC1. The average Bonchev–Trinajstić information content (AvgIpc) is 3.16. The number of piperidine rings is 1. The zero-order valence-electron chi connectivity index (χ0n) is 20.7. The normalized spacial score (nSPS) is 18.1. The van der Waals surface area contributed by atoms with E-state index in [1.165, 1.54) is 12.1 Å². The van der Waals surface area contributed by atoms with Crippen molar-refractivity contribution < 1.29 is 22.8 Å². The van der Waals surface area contributed by atoms with E-state index in [4.69, 9.17) is 14.2 Å². The highest BCUT2D eigenvalue weighted by Crippen LogP contribution is 2.43. The van der Waals surface area contributed by atoms with E-state index in [0.29, 0.717) is 32.8 Å². The molecule has 3 aromatic carbocycles. The van der Waals surface area contributed by atoms with Crippen LogP contribution in [0, 0.1) is 18.7 Å². The Bertz CT molecular complexity index is 1280. The highest BCUT2D eigenvalue weighted by molar-refractivity contribution is 7.95. The van der Waals surface area contributed by atoms with E-state index in [-0.39, 0.29) is 12.1 Å². The minimum absolute atomic E-state index is 0.157. The number of hydrogen-bond donors (Lipinski definition) is 0. The Morgan fingerprint density at radius 3 is 2.25 bits per heavy atom. The van der Waals surface area contributed by atoms with Crippen LogP contribution >= 0.6 is 0 Å². The predicted molar refractivity (Wildman–Crippen MR) is 141 cm³/mol. The minimum atomic E-state index is -1.42. The quantitative estimate of drug-likeness (QED) is 0.368. The number of anilines is 1. The van der Waals surface area contributed by atoms with Crippen LogP contribution in [-0.4, -0.2) is 37.8 Å². The topological polar surface area (TPSA) is 48.0 Å². The van der Waals surface area contributed by atoms with Crippen molar-refractivity contribution in [1.82, 2.24) is 0 Å². The molecular weight excluding hydrogens is 477 g/mol. The zero-order chi connectivity index (χ0) is 25.2. The van der Waals surface area contributed by atoms with Gasteiger partial charge in [0, 0.05) is 44.5 Å². The van der Waals surface area contributed by atoms with Crippen LogP contribution in [0.2, 0.25) is 0 Å². The first-order chi connectivity index (χ1) is 17.5. The Morgan fingerprint density at radius 2 is 1.61 bits per heavy atom. The van der Waals surface area contributed by atoms with Crippen LogP contribution < -0.4 is 9.64 Å². The van der Waals surface area contributed by atoms with Gasteiger partial charge in [-0.15, -0.1) is 0 Å². The number of aryl methyl sites for hydroxylation is 1. The summed E-state index contributed by atoms with van der Waals surface area (Å²) in [6, 6.07) is 19.9. The van der Waals surface area contributed by atoms with Crippen LogP contribution in [0.15, 0.2) is 71.6 Å². The monoisotopic (exact) mass is 507 g/mol. The standard InChI is InChI=1S/C29H30FNO4S/c1-19-4-13-25-26(18-19)36(32)28(20-5-7-22(30)8-6-20)27(25)35-24-11-9-23(10-12-24)31-16-14-21(15-17-31)29(33-2)34-3/h4-13,18,21,29H,14-17H2,1-3H3. The molecule has 0 spiro atoms. The van der Waals surface area contributed by atoms with Crippen molar-refractivity contribution in [3.63, 3.8) is 0 Å². The van der Waals surface area contributed by atoms with Crippen molar-refractivity contribution in [3.8, 4) is 5.75 Å². The summed E-state index contributed by atoms with van der Waals surface area (Å²) < 4.78 is 44.3. The van der Waals surface area contributed by atoms with E-state index in [1.807, 2.05) is 37.3 Å². The van der Waals surface area contributed by atoms with Crippen LogP contribution in [0.1, 0.15) is 29.5 Å². The molecule has 1 unspecified atom stereocenters. The summed E-state index contributed by atoms with van der Waals surface area (Å²) in [5.41, 5.74) is 3.64. The van der Waals surface area contributed by atoms with Gasteiger partial charge in [0.05, 0.1) is 20.6 Å². The van der Waals surface area contributed by atoms with Gasteiger partial charge in [0.15, 0.2) is 12.0 Å². The highest BCUT2D eigenvalue weighted by atomic mass is 32.2. The fourth-order valence-electron chi connectivity index (χ4n) is 4.98. The lowest BCUT2D eigenvalue weighted by Gasteiger charge is -2.36.